The van der Waals surface area contributed by atoms with E-state index in [1.807, 2.05) is 0 Å². The first-order chi connectivity index (χ1) is 10.2. The number of rotatable bonds is 6. The molecule has 0 saturated carbocycles. The Bertz CT molecular complexity index is 495. The standard InChI is InChI=1S/C15H23N3O3/c19-11-13-4-1-2-8-18(13)9-3-7-16-15(21)12-5-6-14(20)17-10-12/h5-6,10,13,19H,1-4,7-9,11H2,(H,16,21)(H,17,20). The summed E-state index contributed by atoms with van der Waals surface area (Å²) in [7, 11) is 0. The number of hydrogen-bond donors (Lipinski definition) is 3. The van der Waals surface area contributed by atoms with Gasteiger partial charge in [-0.05, 0) is 31.9 Å². The SMILES string of the molecule is O=C(NCCCN1CCCCC1CO)c1ccc(=O)[nH]c1. The van der Waals surface area contributed by atoms with Gasteiger partial charge < -0.3 is 15.4 Å². The normalized spacial score (nSPS) is 19.4. The minimum Gasteiger partial charge on any atom is -0.395 e. The highest BCUT2D eigenvalue weighted by molar-refractivity contribution is 5.93. The van der Waals surface area contributed by atoms with Gasteiger partial charge in [0.25, 0.3) is 5.91 Å². The van der Waals surface area contributed by atoms with E-state index in [1.54, 1.807) is 0 Å². The third-order valence-corrected chi connectivity index (χ3v) is 3.91. The van der Waals surface area contributed by atoms with Crippen LogP contribution in [0.15, 0.2) is 23.1 Å². The van der Waals surface area contributed by atoms with E-state index in [4.69, 9.17) is 0 Å². The van der Waals surface area contributed by atoms with E-state index < -0.39 is 0 Å². The molecule has 1 unspecified atom stereocenters. The number of H-pyrrole nitrogens is 1. The molecule has 0 aliphatic carbocycles. The minimum absolute atomic E-state index is 0.177. The Hall–Kier alpha value is -1.66. The molecule has 0 radical (unpaired) electrons. The van der Waals surface area contributed by atoms with Gasteiger partial charge in [0, 0.05) is 31.4 Å². The van der Waals surface area contributed by atoms with Crippen LogP contribution in [0.2, 0.25) is 0 Å². The average Bonchev–Trinajstić information content (AvgIpc) is 2.52. The van der Waals surface area contributed by atoms with Gasteiger partial charge >= 0.3 is 0 Å². The number of nitrogens with one attached hydrogen (secondary N) is 2. The molecule has 0 spiro atoms. The van der Waals surface area contributed by atoms with Gasteiger partial charge in [0.15, 0.2) is 0 Å². The molecule has 2 heterocycles. The number of likely N-dealkylation sites (tertiary alicyclic amines) is 1. The molecule has 1 atom stereocenters. The van der Waals surface area contributed by atoms with Crippen LogP contribution in [0.3, 0.4) is 0 Å². The van der Waals surface area contributed by atoms with Crippen molar-refractivity contribution in [2.45, 2.75) is 31.7 Å². The van der Waals surface area contributed by atoms with Crippen molar-refractivity contribution >= 4 is 5.91 Å². The molecule has 1 fully saturated rings. The van der Waals surface area contributed by atoms with Crippen molar-refractivity contribution < 1.29 is 9.90 Å². The maximum Gasteiger partial charge on any atom is 0.252 e. The number of hydrogen-bond acceptors (Lipinski definition) is 4. The van der Waals surface area contributed by atoms with E-state index >= 15 is 0 Å². The fourth-order valence-electron chi connectivity index (χ4n) is 2.70. The monoisotopic (exact) mass is 293 g/mol. The summed E-state index contributed by atoms with van der Waals surface area (Å²) in [5.41, 5.74) is 0.243. The second-order valence-corrected chi connectivity index (χ2v) is 5.42. The fraction of sp³-hybridized carbons (Fsp3) is 0.600. The number of amides is 1. The Balaban J connectivity index is 1.70. The number of nitrogens with zero attached hydrogens (tertiary/aromatic N) is 1. The number of aliphatic hydroxyl groups is 1. The molecule has 0 bridgehead atoms. The zero-order valence-corrected chi connectivity index (χ0v) is 12.2. The Morgan fingerprint density at radius 1 is 1.43 bits per heavy atom. The topological polar surface area (TPSA) is 85.4 Å². The zero-order valence-electron chi connectivity index (χ0n) is 12.2. The summed E-state index contributed by atoms with van der Waals surface area (Å²) in [4.78, 5) is 27.6. The summed E-state index contributed by atoms with van der Waals surface area (Å²) in [6.07, 6.45) is 5.70. The number of piperidine rings is 1. The maximum absolute atomic E-state index is 11.8. The minimum atomic E-state index is -0.216. The molecule has 1 saturated heterocycles. The highest BCUT2D eigenvalue weighted by Crippen LogP contribution is 2.16. The fourth-order valence-corrected chi connectivity index (χ4v) is 2.70. The van der Waals surface area contributed by atoms with Crippen molar-refractivity contribution in [2.24, 2.45) is 0 Å². The maximum atomic E-state index is 11.8. The molecule has 1 aliphatic heterocycles. The molecule has 6 nitrogen and oxygen atoms in total. The van der Waals surface area contributed by atoms with Gasteiger partial charge in [-0.15, -0.1) is 0 Å². The van der Waals surface area contributed by atoms with Crippen LogP contribution in [0, 0.1) is 0 Å². The summed E-state index contributed by atoms with van der Waals surface area (Å²) in [6.45, 7) is 2.71. The molecule has 21 heavy (non-hydrogen) atoms. The summed E-state index contributed by atoms with van der Waals surface area (Å²) >= 11 is 0. The largest absolute Gasteiger partial charge is 0.395 e. The van der Waals surface area contributed by atoms with Crippen molar-refractivity contribution in [3.05, 3.63) is 34.2 Å². The lowest BCUT2D eigenvalue weighted by molar-refractivity contribution is 0.0868. The van der Waals surface area contributed by atoms with Crippen LogP contribution in [0.25, 0.3) is 0 Å². The Morgan fingerprint density at radius 3 is 3.00 bits per heavy atom. The van der Waals surface area contributed by atoms with Crippen molar-refractivity contribution in [1.82, 2.24) is 15.2 Å². The van der Waals surface area contributed by atoms with Crippen LogP contribution in [0.4, 0.5) is 0 Å². The predicted octanol–water partition coefficient (Wildman–Crippen LogP) is 0.342. The van der Waals surface area contributed by atoms with Crippen LogP contribution >= 0.6 is 0 Å². The van der Waals surface area contributed by atoms with Crippen molar-refractivity contribution in [1.29, 1.82) is 0 Å². The van der Waals surface area contributed by atoms with Crippen molar-refractivity contribution in [2.75, 3.05) is 26.2 Å². The molecule has 1 amide bonds. The van der Waals surface area contributed by atoms with E-state index in [0.29, 0.717) is 12.1 Å². The molecule has 0 aromatic carbocycles. The molecule has 6 heteroatoms. The molecule has 2 rings (SSSR count). The first kappa shape index (κ1) is 15.7. The highest BCUT2D eigenvalue weighted by Gasteiger charge is 2.20. The molecule has 1 aromatic heterocycles. The van der Waals surface area contributed by atoms with Gasteiger partial charge in [-0.1, -0.05) is 6.42 Å². The molecular formula is C15H23N3O3. The third kappa shape index (κ3) is 4.68. The van der Waals surface area contributed by atoms with Gasteiger partial charge in [0.05, 0.1) is 12.2 Å². The van der Waals surface area contributed by atoms with Gasteiger partial charge in [-0.25, -0.2) is 0 Å². The molecule has 1 aromatic rings. The summed E-state index contributed by atoms with van der Waals surface area (Å²) in [5, 5.41) is 12.2. The molecule has 1 aliphatic rings. The first-order valence-corrected chi connectivity index (χ1v) is 7.52. The second-order valence-electron chi connectivity index (χ2n) is 5.42. The number of aromatic nitrogens is 1. The predicted molar refractivity (Wildman–Crippen MR) is 80.3 cm³/mol. The van der Waals surface area contributed by atoms with Crippen LogP contribution in [0.1, 0.15) is 36.0 Å². The lowest BCUT2D eigenvalue weighted by Crippen LogP contribution is -2.43. The summed E-state index contributed by atoms with van der Waals surface area (Å²) in [6, 6.07) is 3.13. The summed E-state index contributed by atoms with van der Waals surface area (Å²) < 4.78 is 0. The van der Waals surface area contributed by atoms with Crippen LogP contribution in [-0.2, 0) is 0 Å². The van der Waals surface area contributed by atoms with E-state index in [-0.39, 0.29) is 24.1 Å². The number of carbonyl (C=O) groups is 1. The second kappa shape index (κ2) is 7.95. The number of aliphatic hydroxyl groups excluding tert-OH is 1. The van der Waals surface area contributed by atoms with E-state index in [9.17, 15) is 14.7 Å². The first-order valence-electron chi connectivity index (χ1n) is 7.52. The third-order valence-electron chi connectivity index (χ3n) is 3.91. The Kier molecular flexibility index (Phi) is 5.95. The van der Waals surface area contributed by atoms with Crippen LogP contribution in [-0.4, -0.2) is 53.2 Å². The van der Waals surface area contributed by atoms with Gasteiger partial charge in [0.2, 0.25) is 5.56 Å². The zero-order chi connectivity index (χ0) is 15.1. The number of pyridine rings is 1. The van der Waals surface area contributed by atoms with E-state index in [1.165, 1.54) is 31.2 Å². The highest BCUT2D eigenvalue weighted by atomic mass is 16.3. The number of carbonyl (C=O) groups excluding carboxylic acids is 1. The van der Waals surface area contributed by atoms with Crippen LogP contribution < -0.4 is 10.9 Å². The van der Waals surface area contributed by atoms with E-state index in [2.05, 4.69) is 15.2 Å². The quantitative estimate of drug-likeness (QED) is 0.660. The lowest BCUT2D eigenvalue weighted by Gasteiger charge is -2.34. The number of aromatic amines is 1. The molecule has 116 valence electrons. The Labute approximate surface area is 124 Å². The van der Waals surface area contributed by atoms with E-state index in [0.717, 1.165) is 25.9 Å². The van der Waals surface area contributed by atoms with Crippen molar-refractivity contribution in [3.63, 3.8) is 0 Å². The van der Waals surface area contributed by atoms with Crippen molar-refractivity contribution in [3.8, 4) is 0 Å². The Morgan fingerprint density at radius 2 is 2.29 bits per heavy atom. The molecule has 3 N–H and O–H groups in total. The average molecular weight is 293 g/mol. The summed E-state index contributed by atoms with van der Waals surface area (Å²) in [5.74, 6) is -0.177. The van der Waals surface area contributed by atoms with Crippen LogP contribution in [0.5, 0.6) is 0 Å². The van der Waals surface area contributed by atoms with Gasteiger partial charge in [0.1, 0.15) is 0 Å². The van der Waals surface area contributed by atoms with Gasteiger partial charge in [-0.3, -0.25) is 14.5 Å². The molecular weight excluding hydrogens is 270 g/mol. The van der Waals surface area contributed by atoms with Gasteiger partial charge in [-0.2, -0.15) is 0 Å². The smallest absolute Gasteiger partial charge is 0.252 e. The lowest BCUT2D eigenvalue weighted by atomic mass is 10.0.